The quantitative estimate of drug-likeness (QED) is 0.762. The number of carbonyl (C=O) groups excluding carboxylic acids is 1. The number of halogens is 1. The molecule has 0 aliphatic rings. The maximum Gasteiger partial charge on any atom is 0.338 e. The minimum atomic E-state index is -3.91. The number of hydrogen-bond donors (Lipinski definition) is 2. The molecule has 0 saturated heterocycles. The Kier molecular flexibility index (Phi) is 4.25. The van der Waals surface area contributed by atoms with Crippen LogP contribution in [0, 0.1) is 11.7 Å². The van der Waals surface area contributed by atoms with E-state index in [9.17, 15) is 22.4 Å². The van der Waals surface area contributed by atoms with Gasteiger partial charge in [0, 0.05) is 5.92 Å². The molecule has 0 bridgehead atoms. The number of aromatic carboxylic acids is 1. The van der Waals surface area contributed by atoms with Crippen LogP contribution in [0.5, 0.6) is 0 Å². The Morgan fingerprint density at radius 3 is 2.47 bits per heavy atom. The number of benzene rings is 1. The average Bonchev–Trinajstić information content (AvgIpc) is 2.27. The van der Waals surface area contributed by atoms with Gasteiger partial charge < -0.3 is 10.8 Å². The van der Waals surface area contributed by atoms with Crippen LogP contribution in [0.25, 0.3) is 0 Å². The summed E-state index contributed by atoms with van der Waals surface area (Å²) >= 11 is 0. The zero-order valence-electron chi connectivity index (χ0n) is 9.96. The van der Waals surface area contributed by atoms with Crippen LogP contribution in [0.15, 0.2) is 23.1 Å². The largest absolute Gasteiger partial charge is 0.478 e. The van der Waals surface area contributed by atoms with Gasteiger partial charge in [-0.25, -0.2) is 17.6 Å². The molecule has 104 valence electrons. The van der Waals surface area contributed by atoms with Crippen molar-refractivity contribution in [2.75, 3.05) is 5.75 Å². The van der Waals surface area contributed by atoms with Crippen molar-refractivity contribution < 1.29 is 27.5 Å². The van der Waals surface area contributed by atoms with Crippen molar-refractivity contribution in [3.8, 4) is 0 Å². The highest BCUT2D eigenvalue weighted by molar-refractivity contribution is 7.91. The molecule has 1 rings (SSSR count). The van der Waals surface area contributed by atoms with E-state index in [0.29, 0.717) is 0 Å². The fraction of sp³-hybridized carbons (Fsp3) is 0.273. The Bertz CT molecular complexity index is 626. The monoisotopic (exact) mass is 289 g/mol. The van der Waals surface area contributed by atoms with Crippen LogP contribution in [0.3, 0.4) is 0 Å². The molecule has 1 unspecified atom stereocenters. The summed E-state index contributed by atoms with van der Waals surface area (Å²) in [7, 11) is -3.91. The van der Waals surface area contributed by atoms with E-state index in [4.69, 9.17) is 10.8 Å². The van der Waals surface area contributed by atoms with E-state index >= 15 is 0 Å². The van der Waals surface area contributed by atoms with Crippen LogP contribution in [-0.4, -0.2) is 31.2 Å². The molecule has 19 heavy (non-hydrogen) atoms. The minimum absolute atomic E-state index is 0.362. The van der Waals surface area contributed by atoms with E-state index in [1.54, 1.807) is 0 Å². The summed E-state index contributed by atoms with van der Waals surface area (Å²) < 4.78 is 37.0. The first-order chi connectivity index (χ1) is 8.65. The van der Waals surface area contributed by atoms with E-state index < -0.39 is 44.8 Å². The van der Waals surface area contributed by atoms with Crippen LogP contribution >= 0.6 is 0 Å². The molecule has 1 atom stereocenters. The van der Waals surface area contributed by atoms with Crippen molar-refractivity contribution in [1.29, 1.82) is 0 Å². The summed E-state index contributed by atoms with van der Waals surface area (Å²) in [5, 5.41) is 8.72. The fourth-order valence-electron chi connectivity index (χ4n) is 1.37. The van der Waals surface area contributed by atoms with Crippen molar-refractivity contribution in [2.24, 2.45) is 11.7 Å². The van der Waals surface area contributed by atoms with E-state index in [-0.39, 0.29) is 4.90 Å². The van der Waals surface area contributed by atoms with Gasteiger partial charge in [-0.2, -0.15) is 0 Å². The first kappa shape index (κ1) is 15.1. The highest BCUT2D eigenvalue weighted by Crippen LogP contribution is 2.18. The third-order valence-electron chi connectivity index (χ3n) is 2.48. The molecule has 0 aliphatic heterocycles. The Hall–Kier alpha value is -1.96. The summed E-state index contributed by atoms with van der Waals surface area (Å²) in [5.74, 6) is -4.88. The lowest BCUT2D eigenvalue weighted by molar-refractivity contribution is -0.120. The molecule has 0 fully saturated rings. The van der Waals surface area contributed by atoms with Gasteiger partial charge in [0.05, 0.1) is 16.2 Å². The van der Waals surface area contributed by atoms with Crippen molar-refractivity contribution >= 4 is 21.7 Å². The molecule has 0 saturated carbocycles. The van der Waals surface area contributed by atoms with E-state index in [0.717, 1.165) is 18.2 Å². The average molecular weight is 289 g/mol. The standard InChI is InChI=1S/C11H12FNO5S/c1-6(10(13)14)5-19(17,18)7-2-3-9(12)8(4-7)11(15)16/h2-4,6H,5H2,1H3,(H2,13,14)(H,15,16). The molecule has 0 radical (unpaired) electrons. The van der Waals surface area contributed by atoms with E-state index in [1.807, 2.05) is 0 Å². The number of sulfone groups is 1. The second-order valence-corrected chi connectivity index (χ2v) is 6.07. The number of amides is 1. The van der Waals surface area contributed by atoms with Gasteiger partial charge in [0.15, 0.2) is 9.84 Å². The summed E-state index contributed by atoms with van der Waals surface area (Å²) in [4.78, 5) is 21.2. The number of carboxylic acid groups (broad SMARTS) is 1. The lowest BCUT2D eigenvalue weighted by atomic mass is 10.2. The normalized spacial score (nSPS) is 12.9. The van der Waals surface area contributed by atoms with Gasteiger partial charge >= 0.3 is 5.97 Å². The fourth-order valence-corrected chi connectivity index (χ4v) is 2.96. The molecule has 8 heteroatoms. The number of hydrogen-bond acceptors (Lipinski definition) is 4. The summed E-state index contributed by atoms with van der Waals surface area (Å²) in [6.45, 7) is 1.33. The molecule has 0 aliphatic carbocycles. The molecule has 1 aromatic carbocycles. The number of primary amides is 1. The Morgan fingerprint density at radius 2 is 2.00 bits per heavy atom. The van der Waals surface area contributed by atoms with Gasteiger partial charge in [0.1, 0.15) is 5.82 Å². The third kappa shape index (κ3) is 3.50. The van der Waals surface area contributed by atoms with Crippen LogP contribution in [-0.2, 0) is 14.6 Å². The molecule has 1 amide bonds. The summed E-state index contributed by atoms with van der Waals surface area (Å²) in [5.41, 5.74) is 4.22. The van der Waals surface area contributed by atoms with Crippen LogP contribution in [0.2, 0.25) is 0 Å². The Morgan fingerprint density at radius 1 is 1.42 bits per heavy atom. The van der Waals surface area contributed by atoms with Gasteiger partial charge in [0.25, 0.3) is 0 Å². The molecule has 0 heterocycles. The summed E-state index contributed by atoms with van der Waals surface area (Å²) in [6.07, 6.45) is 0. The molecule has 3 N–H and O–H groups in total. The second kappa shape index (κ2) is 5.35. The molecular weight excluding hydrogens is 277 g/mol. The highest BCUT2D eigenvalue weighted by Gasteiger charge is 2.23. The number of carbonyl (C=O) groups is 2. The molecule has 6 nitrogen and oxygen atoms in total. The SMILES string of the molecule is CC(CS(=O)(=O)c1ccc(F)c(C(=O)O)c1)C(N)=O. The van der Waals surface area contributed by atoms with E-state index in [2.05, 4.69) is 0 Å². The zero-order chi connectivity index (χ0) is 14.8. The molecule has 0 spiro atoms. The van der Waals surface area contributed by atoms with Gasteiger partial charge in [-0.1, -0.05) is 6.92 Å². The van der Waals surface area contributed by atoms with Crippen LogP contribution in [0.4, 0.5) is 4.39 Å². The topological polar surface area (TPSA) is 115 Å². The van der Waals surface area contributed by atoms with Gasteiger partial charge in [-0.3, -0.25) is 4.79 Å². The van der Waals surface area contributed by atoms with Crippen LogP contribution in [0.1, 0.15) is 17.3 Å². The molecule has 1 aromatic rings. The maximum atomic E-state index is 13.1. The zero-order valence-corrected chi connectivity index (χ0v) is 10.8. The Balaban J connectivity index is 3.19. The molecule has 0 aromatic heterocycles. The molecular formula is C11H12FNO5S. The smallest absolute Gasteiger partial charge is 0.338 e. The van der Waals surface area contributed by atoms with Gasteiger partial charge in [0.2, 0.25) is 5.91 Å². The lowest BCUT2D eigenvalue weighted by Gasteiger charge is -2.09. The number of carboxylic acids is 1. The lowest BCUT2D eigenvalue weighted by Crippen LogP contribution is -2.27. The maximum absolute atomic E-state index is 13.1. The predicted octanol–water partition coefficient (Wildman–Crippen LogP) is 0.419. The summed E-state index contributed by atoms with van der Waals surface area (Å²) in [6, 6.07) is 2.43. The minimum Gasteiger partial charge on any atom is -0.478 e. The van der Waals surface area contributed by atoms with Gasteiger partial charge in [-0.15, -0.1) is 0 Å². The van der Waals surface area contributed by atoms with Crippen molar-refractivity contribution in [1.82, 2.24) is 0 Å². The first-order valence-electron chi connectivity index (χ1n) is 5.20. The van der Waals surface area contributed by atoms with E-state index in [1.165, 1.54) is 6.92 Å². The third-order valence-corrected chi connectivity index (χ3v) is 4.39. The predicted molar refractivity (Wildman–Crippen MR) is 63.8 cm³/mol. The van der Waals surface area contributed by atoms with Gasteiger partial charge in [-0.05, 0) is 18.2 Å². The number of rotatable bonds is 5. The first-order valence-corrected chi connectivity index (χ1v) is 6.85. The number of nitrogens with two attached hydrogens (primary N) is 1. The van der Waals surface area contributed by atoms with Crippen LogP contribution < -0.4 is 5.73 Å². The van der Waals surface area contributed by atoms with Crippen molar-refractivity contribution in [2.45, 2.75) is 11.8 Å². The van der Waals surface area contributed by atoms with Crippen molar-refractivity contribution in [3.63, 3.8) is 0 Å². The second-order valence-electron chi connectivity index (χ2n) is 4.03. The highest BCUT2D eigenvalue weighted by atomic mass is 32.2. The Labute approximate surface area is 109 Å². The van der Waals surface area contributed by atoms with Crippen molar-refractivity contribution in [3.05, 3.63) is 29.6 Å².